The zero-order chi connectivity index (χ0) is 18.7. The topological polar surface area (TPSA) is 26.3 Å². The first-order valence-electron chi connectivity index (χ1n) is 9.00. The molecule has 0 bridgehead atoms. The average molecular weight is 405 g/mol. The molecular weight excluding hydrogens is 375 g/mol. The summed E-state index contributed by atoms with van der Waals surface area (Å²) >= 11 is -2.43. The van der Waals surface area contributed by atoms with Crippen LogP contribution in [0.3, 0.4) is 0 Å². The fourth-order valence-corrected chi connectivity index (χ4v) is 6.71. The quantitative estimate of drug-likeness (QED) is 0.657. The molecule has 2 aromatic rings. The van der Waals surface area contributed by atoms with Crippen molar-refractivity contribution in [3.63, 3.8) is 0 Å². The van der Waals surface area contributed by atoms with E-state index >= 15 is 0 Å². The number of hydrogen-bond donors (Lipinski definition) is 0. The molecule has 1 atom stereocenters. The first-order valence-corrected chi connectivity index (χ1v) is 11.4. The van der Waals surface area contributed by atoms with Crippen molar-refractivity contribution in [2.45, 2.75) is 59.3 Å². The Hall–Kier alpha value is -1.44. The fraction of sp³-hybridized carbons (Fsp3) is 0.455. The molecule has 0 aliphatic heterocycles. The zero-order valence-corrected chi connectivity index (χ0v) is 18.1. The normalized spacial score (nSPS) is 12.9. The van der Waals surface area contributed by atoms with E-state index in [0.29, 0.717) is 17.8 Å². The molecule has 0 N–H and O–H groups in total. The second-order valence-electron chi connectivity index (χ2n) is 7.41. The van der Waals surface area contributed by atoms with Crippen LogP contribution in [-0.4, -0.2) is 20.9 Å². The Kier molecular flexibility index (Phi) is 6.59. The molecule has 0 fully saturated rings. The van der Waals surface area contributed by atoms with Gasteiger partial charge in [0.2, 0.25) is 0 Å². The van der Waals surface area contributed by atoms with Crippen LogP contribution in [0.4, 0.5) is 0 Å². The maximum atomic E-state index is 13.7. The Bertz CT molecular complexity index is 731. The molecule has 2 nitrogen and oxygen atoms in total. The van der Waals surface area contributed by atoms with Gasteiger partial charge in [0.1, 0.15) is 0 Å². The second-order valence-corrected chi connectivity index (χ2v) is 10.3. The van der Waals surface area contributed by atoms with E-state index in [9.17, 15) is 3.83 Å². The van der Waals surface area contributed by atoms with Crippen LogP contribution in [0, 0.1) is 0 Å². The molecule has 1 unspecified atom stereocenters. The monoisotopic (exact) mass is 406 g/mol. The summed E-state index contributed by atoms with van der Waals surface area (Å²) in [7, 11) is 1.65. The molecule has 0 heterocycles. The molecular formula is C22H30O2Se. The molecule has 0 aromatic heterocycles. The summed E-state index contributed by atoms with van der Waals surface area (Å²) < 4.78 is 21.1. The minimum absolute atomic E-state index is 0.334. The van der Waals surface area contributed by atoms with Crippen molar-refractivity contribution in [2.75, 3.05) is 7.11 Å². The minimum atomic E-state index is -2.43. The predicted molar refractivity (Wildman–Crippen MR) is 107 cm³/mol. The van der Waals surface area contributed by atoms with Gasteiger partial charge in [-0.3, -0.25) is 0 Å². The SMILES string of the molecule is COc1ccccc1[Se](=O)c1c(C(C)C)cc(C(C)C)cc1C(C)C. The summed E-state index contributed by atoms with van der Waals surface area (Å²) in [6.07, 6.45) is 0. The number of ether oxygens (including phenoxy) is 1. The molecule has 0 radical (unpaired) electrons. The molecule has 2 aromatic carbocycles. The van der Waals surface area contributed by atoms with Crippen molar-refractivity contribution < 1.29 is 8.57 Å². The first-order chi connectivity index (χ1) is 11.8. The zero-order valence-electron chi connectivity index (χ0n) is 16.4. The van der Waals surface area contributed by atoms with Crippen molar-refractivity contribution in [1.29, 1.82) is 0 Å². The van der Waals surface area contributed by atoms with Crippen LogP contribution in [0.25, 0.3) is 0 Å². The standard InChI is InChI=1S/C22H30O2Se/c1-14(2)17-12-18(15(3)4)22(19(13-17)16(5)6)25(23)21-11-9-8-10-20(21)24-7/h8-16H,1-7H3. The van der Waals surface area contributed by atoms with Gasteiger partial charge in [0, 0.05) is 0 Å². The Morgan fingerprint density at radius 3 is 1.80 bits per heavy atom. The molecule has 136 valence electrons. The van der Waals surface area contributed by atoms with Crippen molar-refractivity contribution in [1.82, 2.24) is 0 Å². The maximum absolute atomic E-state index is 13.7. The Labute approximate surface area is 156 Å². The van der Waals surface area contributed by atoms with E-state index in [0.717, 1.165) is 14.7 Å². The van der Waals surface area contributed by atoms with E-state index in [1.807, 2.05) is 24.3 Å². The summed E-state index contributed by atoms with van der Waals surface area (Å²) in [5.41, 5.74) is 3.77. The van der Waals surface area contributed by atoms with Gasteiger partial charge in [-0.2, -0.15) is 0 Å². The van der Waals surface area contributed by atoms with Gasteiger partial charge in [0.15, 0.2) is 0 Å². The summed E-state index contributed by atoms with van der Waals surface area (Å²) in [5, 5.41) is 0. The second kappa shape index (κ2) is 8.29. The Morgan fingerprint density at radius 1 is 0.840 bits per heavy atom. The van der Waals surface area contributed by atoms with E-state index in [4.69, 9.17) is 4.74 Å². The van der Waals surface area contributed by atoms with Gasteiger partial charge in [-0.05, 0) is 0 Å². The van der Waals surface area contributed by atoms with Crippen LogP contribution < -0.4 is 13.7 Å². The summed E-state index contributed by atoms with van der Waals surface area (Å²) in [5.74, 6) is 1.85. The fourth-order valence-electron chi connectivity index (χ4n) is 2.99. The van der Waals surface area contributed by atoms with Crippen LogP contribution >= 0.6 is 0 Å². The first kappa shape index (κ1) is 19.9. The van der Waals surface area contributed by atoms with Gasteiger partial charge in [-0.1, -0.05) is 0 Å². The predicted octanol–water partition coefficient (Wildman–Crippen LogP) is 4.60. The van der Waals surface area contributed by atoms with Crippen LogP contribution in [0.5, 0.6) is 5.75 Å². The number of rotatable bonds is 6. The molecule has 0 aliphatic carbocycles. The molecule has 2 rings (SSSR count). The third-order valence-electron chi connectivity index (χ3n) is 4.53. The van der Waals surface area contributed by atoms with Gasteiger partial charge in [-0.15, -0.1) is 0 Å². The van der Waals surface area contributed by atoms with E-state index in [-0.39, 0.29) is 0 Å². The molecule has 25 heavy (non-hydrogen) atoms. The van der Waals surface area contributed by atoms with Crippen molar-refractivity contribution in [3.8, 4) is 5.75 Å². The number of benzene rings is 2. The van der Waals surface area contributed by atoms with Crippen LogP contribution in [-0.2, 0) is 3.83 Å². The van der Waals surface area contributed by atoms with E-state index in [2.05, 4.69) is 53.7 Å². The molecule has 0 saturated carbocycles. The number of para-hydroxylation sites is 1. The third kappa shape index (κ3) is 4.22. The van der Waals surface area contributed by atoms with Crippen LogP contribution in [0.15, 0.2) is 36.4 Å². The Balaban J connectivity index is 2.76. The molecule has 0 aliphatic rings. The van der Waals surface area contributed by atoms with Gasteiger partial charge in [0.05, 0.1) is 0 Å². The van der Waals surface area contributed by atoms with E-state index < -0.39 is 13.8 Å². The Morgan fingerprint density at radius 2 is 1.36 bits per heavy atom. The van der Waals surface area contributed by atoms with Crippen molar-refractivity contribution in [2.24, 2.45) is 0 Å². The summed E-state index contributed by atoms with van der Waals surface area (Å²) in [6, 6.07) is 12.2. The molecule has 0 spiro atoms. The summed E-state index contributed by atoms with van der Waals surface area (Å²) in [4.78, 5) is 0. The van der Waals surface area contributed by atoms with Gasteiger partial charge < -0.3 is 0 Å². The van der Waals surface area contributed by atoms with Crippen LogP contribution in [0.2, 0.25) is 0 Å². The van der Waals surface area contributed by atoms with E-state index in [1.165, 1.54) is 16.7 Å². The number of methoxy groups -OCH3 is 1. The van der Waals surface area contributed by atoms with Crippen LogP contribution in [0.1, 0.15) is 76.0 Å². The van der Waals surface area contributed by atoms with E-state index in [1.54, 1.807) is 7.11 Å². The average Bonchev–Trinajstić information content (AvgIpc) is 2.59. The van der Waals surface area contributed by atoms with Crippen molar-refractivity contribution >= 4 is 22.8 Å². The third-order valence-corrected chi connectivity index (χ3v) is 7.85. The number of hydrogen-bond acceptors (Lipinski definition) is 2. The summed E-state index contributed by atoms with van der Waals surface area (Å²) in [6.45, 7) is 13.2. The molecule has 0 amide bonds. The molecule has 3 heteroatoms. The van der Waals surface area contributed by atoms with Gasteiger partial charge in [0.25, 0.3) is 0 Å². The van der Waals surface area contributed by atoms with Crippen molar-refractivity contribution in [3.05, 3.63) is 53.1 Å². The van der Waals surface area contributed by atoms with Gasteiger partial charge >= 0.3 is 157 Å². The molecule has 0 saturated heterocycles. The van der Waals surface area contributed by atoms with Gasteiger partial charge in [-0.25, -0.2) is 0 Å².